The molecule has 0 aliphatic heterocycles. The Morgan fingerprint density at radius 2 is 2.13 bits per heavy atom. The van der Waals surface area contributed by atoms with Gasteiger partial charge in [-0.15, -0.1) is 0 Å². The van der Waals surface area contributed by atoms with Crippen molar-refractivity contribution in [2.24, 2.45) is 5.73 Å². The predicted molar refractivity (Wildman–Crippen MR) is 57.6 cm³/mol. The van der Waals surface area contributed by atoms with Gasteiger partial charge in [-0.25, -0.2) is 0 Å². The van der Waals surface area contributed by atoms with Crippen LogP contribution in [0.5, 0.6) is 0 Å². The highest BCUT2D eigenvalue weighted by Gasteiger charge is 2.13. The third kappa shape index (κ3) is 3.25. The summed E-state index contributed by atoms with van der Waals surface area (Å²) in [5.41, 5.74) is 5.41. The lowest BCUT2D eigenvalue weighted by atomic mass is 10.2. The number of hydrogen-bond acceptors (Lipinski definition) is 2. The minimum Gasteiger partial charge on any atom is -0.368 e. The van der Waals surface area contributed by atoms with Crippen LogP contribution in [0.15, 0.2) is 24.3 Å². The van der Waals surface area contributed by atoms with E-state index in [-0.39, 0.29) is 5.91 Å². The van der Waals surface area contributed by atoms with Crippen molar-refractivity contribution < 1.29 is 9.59 Å². The molecule has 1 rings (SSSR count). The standard InChI is InChI=1S/C10H11ClN2O2/c1-6(9(12)14)13-10(15)7-3-2-4-8(11)5-7/h2-6H,1H3,(H2,12,14)(H,13,15)/t6-/m0/s1. The van der Waals surface area contributed by atoms with Crippen LogP contribution >= 0.6 is 11.6 Å². The third-order valence-electron chi connectivity index (χ3n) is 1.86. The fourth-order valence-electron chi connectivity index (χ4n) is 0.981. The van der Waals surface area contributed by atoms with Gasteiger partial charge in [0, 0.05) is 10.6 Å². The molecule has 1 aromatic carbocycles. The highest BCUT2D eigenvalue weighted by molar-refractivity contribution is 6.30. The third-order valence-corrected chi connectivity index (χ3v) is 2.10. The Bertz CT molecular complexity index is 393. The Morgan fingerprint density at radius 1 is 1.47 bits per heavy atom. The van der Waals surface area contributed by atoms with Crippen LogP contribution in [0, 0.1) is 0 Å². The molecule has 4 nitrogen and oxygen atoms in total. The van der Waals surface area contributed by atoms with E-state index in [1.54, 1.807) is 18.2 Å². The van der Waals surface area contributed by atoms with Crippen LogP contribution < -0.4 is 11.1 Å². The van der Waals surface area contributed by atoms with E-state index in [9.17, 15) is 9.59 Å². The molecule has 0 aliphatic rings. The van der Waals surface area contributed by atoms with Gasteiger partial charge in [-0.05, 0) is 25.1 Å². The van der Waals surface area contributed by atoms with Crippen molar-refractivity contribution in [1.29, 1.82) is 0 Å². The van der Waals surface area contributed by atoms with E-state index in [4.69, 9.17) is 17.3 Å². The van der Waals surface area contributed by atoms with E-state index >= 15 is 0 Å². The maximum atomic E-state index is 11.5. The summed E-state index contributed by atoms with van der Waals surface area (Å²) in [6.07, 6.45) is 0. The zero-order valence-corrected chi connectivity index (χ0v) is 8.91. The summed E-state index contributed by atoms with van der Waals surface area (Å²) in [4.78, 5) is 22.2. The monoisotopic (exact) mass is 226 g/mol. The van der Waals surface area contributed by atoms with Crippen LogP contribution in [-0.2, 0) is 4.79 Å². The van der Waals surface area contributed by atoms with Crippen LogP contribution in [0.25, 0.3) is 0 Å². The summed E-state index contributed by atoms with van der Waals surface area (Å²) in [5, 5.41) is 2.92. The maximum absolute atomic E-state index is 11.5. The van der Waals surface area contributed by atoms with E-state index in [2.05, 4.69) is 5.32 Å². The molecule has 0 fully saturated rings. The molecule has 0 spiro atoms. The van der Waals surface area contributed by atoms with Gasteiger partial charge in [0.2, 0.25) is 5.91 Å². The van der Waals surface area contributed by atoms with Gasteiger partial charge in [0.15, 0.2) is 0 Å². The molecule has 0 bridgehead atoms. The Hall–Kier alpha value is -1.55. The van der Waals surface area contributed by atoms with Gasteiger partial charge in [0.05, 0.1) is 0 Å². The van der Waals surface area contributed by atoms with Gasteiger partial charge in [-0.2, -0.15) is 0 Å². The van der Waals surface area contributed by atoms with Crippen molar-refractivity contribution in [2.75, 3.05) is 0 Å². The van der Waals surface area contributed by atoms with E-state index < -0.39 is 11.9 Å². The van der Waals surface area contributed by atoms with Crippen molar-refractivity contribution in [3.05, 3.63) is 34.9 Å². The number of hydrogen-bond donors (Lipinski definition) is 2. The molecule has 2 amide bonds. The molecule has 15 heavy (non-hydrogen) atoms. The molecule has 3 N–H and O–H groups in total. The van der Waals surface area contributed by atoms with Crippen molar-refractivity contribution in [1.82, 2.24) is 5.32 Å². The number of benzene rings is 1. The van der Waals surface area contributed by atoms with Crippen LogP contribution in [-0.4, -0.2) is 17.9 Å². The lowest BCUT2D eigenvalue weighted by molar-refractivity contribution is -0.119. The molecule has 0 aliphatic carbocycles. The quantitative estimate of drug-likeness (QED) is 0.805. The molecule has 0 heterocycles. The first kappa shape index (κ1) is 11.5. The molecule has 0 unspecified atom stereocenters. The van der Waals surface area contributed by atoms with Crippen LogP contribution in [0.4, 0.5) is 0 Å². The first-order chi connectivity index (χ1) is 7.00. The lowest BCUT2D eigenvalue weighted by Crippen LogP contribution is -2.42. The molecule has 1 aromatic rings. The second kappa shape index (κ2) is 4.79. The number of amides is 2. The van der Waals surface area contributed by atoms with Crippen molar-refractivity contribution in [2.45, 2.75) is 13.0 Å². The summed E-state index contributed by atoms with van der Waals surface area (Å²) in [6.45, 7) is 1.52. The summed E-state index contributed by atoms with van der Waals surface area (Å²) >= 11 is 5.72. The maximum Gasteiger partial charge on any atom is 0.251 e. The Kier molecular flexibility index (Phi) is 3.68. The average molecular weight is 227 g/mol. The van der Waals surface area contributed by atoms with E-state index in [1.165, 1.54) is 13.0 Å². The van der Waals surface area contributed by atoms with Gasteiger partial charge in [-0.3, -0.25) is 9.59 Å². The average Bonchev–Trinajstić information content (AvgIpc) is 2.17. The Labute approximate surface area is 92.4 Å². The number of halogens is 1. The van der Waals surface area contributed by atoms with Crippen molar-refractivity contribution >= 4 is 23.4 Å². The molecule has 0 radical (unpaired) electrons. The Morgan fingerprint density at radius 3 is 2.67 bits per heavy atom. The van der Waals surface area contributed by atoms with Gasteiger partial charge < -0.3 is 11.1 Å². The topological polar surface area (TPSA) is 72.2 Å². The molecule has 80 valence electrons. The number of carbonyl (C=O) groups excluding carboxylic acids is 2. The zero-order chi connectivity index (χ0) is 11.4. The summed E-state index contributed by atoms with van der Waals surface area (Å²) < 4.78 is 0. The predicted octanol–water partition coefficient (Wildman–Crippen LogP) is 0.944. The molecule has 0 saturated heterocycles. The van der Waals surface area contributed by atoms with Gasteiger partial charge in [0.25, 0.3) is 5.91 Å². The van der Waals surface area contributed by atoms with Gasteiger partial charge >= 0.3 is 0 Å². The second-order valence-electron chi connectivity index (χ2n) is 3.11. The number of primary amides is 1. The summed E-state index contributed by atoms with van der Waals surface area (Å²) in [5.74, 6) is -0.950. The largest absolute Gasteiger partial charge is 0.368 e. The first-order valence-corrected chi connectivity index (χ1v) is 4.74. The molecule has 5 heteroatoms. The minimum absolute atomic E-state index is 0.371. The lowest BCUT2D eigenvalue weighted by Gasteiger charge is -2.09. The molecule has 0 aromatic heterocycles. The van der Waals surface area contributed by atoms with Crippen LogP contribution in [0.1, 0.15) is 17.3 Å². The number of nitrogens with one attached hydrogen (secondary N) is 1. The van der Waals surface area contributed by atoms with Crippen LogP contribution in [0.2, 0.25) is 5.02 Å². The van der Waals surface area contributed by atoms with Gasteiger partial charge in [0.1, 0.15) is 6.04 Å². The van der Waals surface area contributed by atoms with E-state index in [0.717, 1.165) is 0 Å². The van der Waals surface area contributed by atoms with Crippen molar-refractivity contribution in [3.8, 4) is 0 Å². The molecule has 1 atom stereocenters. The molecular formula is C10H11ClN2O2. The number of rotatable bonds is 3. The molecular weight excluding hydrogens is 216 g/mol. The highest BCUT2D eigenvalue weighted by Crippen LogP contribution is 2.10. The minimum atomic E-state index is -0.698. The molecule has 0 saturated carbocycles. The smallest absolute Gasteiger partial charge is 0.251 e. The number of nitrogens with two attached hydrogens (primary N) is 1. The van der Waals surface area contributed by atoms with Gasteiger partial charge in [-0.1, -0.05) is 17.7 Å². The second-order valence-corrected chi connectivity index (χ2v) is 3.54. The van der Waals surface area contributed by atoms with E-state index in [1.807, 2.05) is 0 Å². The SMILES string of the molecule is C[C@H](NC(=O)c1cccc(Cl)c1)C(N)=O. The highest BCUT2D eigenvalue weighted by atomic mass is 35.5. The van der Waals surface area contributed by atoms with E-state index in [0.29, 0.717) is 10.6 Å². The van der Waals surface area contributed by atoms with Crippen molar-refractivity contribution in [3.63, 3.8) is 0 Å². The number of carbonyl (C=O) groups is 2. The normalized spacial score (nSPS) is 11.9. The summed E-state index contributed by atoms with van der Waals surface area (Å²) in [6, 6.07) is 5.75. The summed E-state index contributed by atoms with van der Waals surface area (Å²) in [7, 11) is 0. The Balaban J connectivity index is 2.73. The van der Waals surface area contributed by atoms with Crippen LogP contribution in [0.3, 0.4) is 0 Å². The fourth-order valence-corrected chi connectivity index (χ4v) is 1.17. The fraction of sp³-hybridized carbons (Fsp3) is 0.200. The first-order valence-electron chi connectivity index (χ1n) is 4.36. The zero-order valence-electron chi connectivity index (χ0n) is 8.16.